The molecule has 0 radical (unpaired) electrons. The van der Waals surface area contributed by atoms with Crippen LogP contribution in [0.15, 0.2) is 43.0 Å². The van der Waals surface area contributed by atoms with Crippen LogP contribution in [0, 0.1) is 0 Å². The fraction of sp³-hybridized carbons (Fsp3) is 0. The number of nitrogens with one attached hydrogen (secondary N) is 1. The Morgan fingerprint density at radius 1 is 1.25 bits per heavy atom. The van der Waals surface area contributed by atoms with E-state index in [2.05, 4.69) is 11.9 Å². The van der Waals surface area contributed by atoms with Gasteiger partial charge in [0.05, 0.1) is 0 Å². The molecular formula is C12H11NO3. The molecule has 0 aliphatic carbocycles. The van der Waals surface area contributed by atoms with Crippen LogP contribution >= 0.6 is 0 Å². The highest BCUT2D eigenvalue weighted by Gasteiger charge is 1.96. The number of carboxylic acid groups (broad SMARTS) is 1. The van der Waals surface area contributed by atoms with E-state index in [1.54, 1.807) is 24.3 Å². The first-order valence-corrected chi connectivity index (χ1v) is 4.56. The number of carboxylic acids is 1. The standard InChI is InChI=1S/C12H11NO3/c1-2-11(14)13-10-6-3-9(4-7-10)5-8-12(15)16/h2-8H,1H2,(H,13,14)(H,15,16)/b8-5+. The van der Waals surface area contributed by atoms with E-state index >= 15 is 0 Å². The average molecular weight is 217 g/mol. The highest BCUT2D eigenvalue weighted by molar-refractivity contribution is 5.98. The molecule has 0 saturated carbocycles. The zero-order valence-electron chi connectivity index (χ0n) is 8.51. The molecule has 0 spiro atoms. The van der Waals surface area contributed by atoms with Crippen molar-refractivity contribution in [3.8, 4) is 0 Å². The lowest BCUT2D eigenvalue weighted by Crippen LogP contribution is -2.06. The number of benzene rings is 1. The van der Waals surface area contributed by atoms with Crippen molar-refractivity contribution in [1.29, 1.82) is 0 Å². The molecule has 0 aliphatic rings. The van der Waals surface area contributed by atoms with E-state index in [-0.39, 0.29) is 5.91 Å². The lowest BCUT2D eigenvalue weighted by molar-refractivity contribution is -0.131. The van der Waals surface area contributed by atoms with Crippen molar-refractivity contribution in [2.75, 3.05) is 5.32 Å². The van der Waals surface area contributed by atoms with Gasteiger partial charge in [-0.25, -0.2) is 4.79 Å². The quantitative estimate of drug-likeness (QED) is 0.757. The number of rotatable bonds is 4. The van der Waals surface area contributed by atoms with E-state index in [0.717, 1.165) is 11.6 Å². The van der Waals surface area contributed by atoms with Gasteiger partial charge in [0.15, 0.2) is 0 Å². The summed E-state index contributed by atoms with van der Waals surface area (Å²) in [6, 6.07) is 6.78. The van der Waals surface area contributed by atoms with Crippen molar-refractivity contribution in [1.82, 2.24) is 0 Å². The predicted molar refractivity (Wildman–Crippen MR) is 61.9 cm³/mol. The van der Waals surface area contributed by atoms with Crippen LogP contribution in [0.1, 0.15) is 5.56 Å². The molecule has 0 saturated heterocycles. The summed E-state index contributed by atoms with van der Waals surface area (Å²) < 4.78 is 0. The van der Waals surface area contributed by atoms with Crippen molar-refractivity contribution in [3.05, 3.63) is 48.6 Å². The highest BCUT2D eigenvalue weighted by Crippen LogP contribution is 2.10. The lowest BCUT2D eigenvalue weighted by Gasteiger charge is -2.01. The molecule has 4 nitrogen and oxygen atoms in total. The third kappa shape index (κ3) is 3.79. The van der Waals surface area contributed by atoms with Gasteiger partial charge in [0, 0.05) is 11.8 Å². The minimum absolute atomic E-state index is 0.283. The number of carbonyl (C=O) groups excluding carboxylic acids is 1. The second-order valence-corrected chi connectivity index (χ2v) is 2.99. The Bertz CT molecular complexity index is 432. The smallest absolute Gasteiger partial charge is 0.328 e. The van der Waals surface area contributed by atoms with E-state index in [1.807, 2.05) is 0 Å². The molecule has 0 aliphatic heterocycles. The van der Waals surface area contributed by atoms with Crippen LogP contribution in [0.2, 0.25) is 0 Å². The van der Waals surface area contributed by atoms with Crippen LogP contribution in [-0.4, -0.2) is 17.0 Å². The fourth-order valence-corrected chi connectivity index (χ4v) is 1.04. The minimum atomic E-state index is -0.996. The molecule has 1 rings (SSSR count). The molecule has 0 heterocycles. The zero-order valence-corrected chi connectivity index (χ0v) is 8.51. The SMILES string of the molecule is C=CC(=O)Nc1ccc(/C=C/C(=O)O)cc1. The fourth-order valence-electron chi connectivity index (χ4n) is 1.04. The molecule has 16 heavy (non-hydrogen) atoms. The van der Waals surface area contributed by atoms with Crippen LogP contribution in [-0.2, 0) is 9.59 Å². The van der Waals surface area contributed by atoms with E-state index in [1.165, 1.54) is 12.2 Å². The maximum atomic E-state index is 11.0. The van der Waals surface area contributed by atoms with E-state index in [0.29, 0.717) is 5.69 Å². The van der Waals surface area contributed by atoms with Gasteiger partial charge in [-0.15, -0.1) is 0 Å². The van der Waals surface area contributed by atoms with Gasteiger partial charge in [0.25, 0.3) is 0 Å². The van der Waals surface area contributed by atoms with Crippen LogP contribution < -0.4 is 5.32 Å². The van der Waals surface area contributed by atoms with Gasteiger partial charge in [0.2, 0.25) is 5.91 Å². The van der Waals surface area contributed by atoms with Gasteiger partial charge in [-0.2, -0.15) is 0 Å². The highest BCUT2D eigenvalue weighted by atomic mass is 16.4. The second-order valence-electron chi connectivity index (χ2n) is 2.99. The van der Waals surface area contributed by atoms with Crippen molar-refractivity contribution in [3.63, 3.8) is 0 Å². The molecule has 4 heteroatoms. The summed E-state index contributed by atoms with van der Waals surface area (Å²) in [4.78, 5) is 21.2. The monoisotopic (exact) mass is 217 g/mol. The molecule has 0 bridgehead atoms. The molecule has 82 valence electrons. The maximum Gasteiger partial charge on any atom is 0.328 e. The predicted octanol–water partition coefficient (Wildman–Crippen LogP) is 1.91. The Morgan fingerprint density at radius 2 is 1.88 bits per heavy atom. The average Bonchev–Trinajstić information content (AvgIpc) is 2.28. The third-order valence-electron chi connectivity index (χ3n) is 1.78. The summed E-state index contributed by atoms with van der Waals surface area (Å²) in [5.41, 5.74) is 1.39. The van der Waals surface area contributed by atoms with Crippen LogP contribution in [0.4, 0.5) is 5.69 Å². The Hall–Kier alpha value is -2.36. The molecular weight excluding hydrogens is 206 g/mol. The van der Waals surface area contributed by atoms with Gasteiger partial charge < -0.3 is 10.4 Å². The van der Waals surface area contributed by atoms with E-state index in [9.17, 15) is 9.59 Å². The number of aliphatic carboxylic acids is 1. The molecule has 1 aromatic carbocycles. The van der Waals surface area contributed by atoms with Crippen molar-refractivity contribution < 1.29 is 14.7 Å². The summed E-state index contributed by atoms with van der Waals surface area (Å²) in [5, 5.41) is 11.0. The molecule has 0 unspecified atom stereocenters. The number of hydrogen-bond donors (Lipinski definition) is 2. The summed E-state index contributed by atoms with van der Waals surface area (Å²) in [7, 11) is 0. The van der Waals surface area contributed by atoms with Gasteiger partial charge >= 0.3 is 5.97 Å². The van der Waals surface area contributed by atoms with Crippen LogP contribution in [0.25, 0.3) is 6.08 Å². The molecule has 2 N–H and O–H groups in total. The summed E-state index contributed by atoms with van der Waals surface area (Å²) >= 11 is 0. The largest absolute Gasteiger partial charge is 0.478 e. The Morgan fingerprint density at radius 3 is 2.38 bits per heavy atom. The topological polar surface area (TPSA) is 66.4 Å². The Kier molecular flexibility index (Phi) is 4.03. The number of anilines is 1. The van der Waals surface area contributed by atoms with Gasteiger partial charge in [0.1, 0.15) is 0 Å². The van der Waals surface area contributed by atoms with Crippen molar-refractivity contribution in [2.45, 2.75) is 0 Å². The number of hydrogen-bond acceptors (Lipinski definition) is 2. The first kappa shape index (κ1) is 11.7. The second kappa shape index (κ2) is 5.50. The molecule has 0 fully saturated rings. The minimum Gasteiger partial charge on any atom is -0.478 e. The molecule has 1 amide bonds. The Labute approximate surface area is 92.9 Å². The normalized spacial score (nSPS) is 10.0. The van der Waals surface area contributed by atoms with Crippen molar-refractivity contribution in [2.24, 2.45) is 0 Å². The van der Waals surface area contributed by atoms with Crippen LogP contribution in [0.5, 0.6) is 0 Å². The summed E-state index contributed by atoms with van der Waals surface area (Å²) in [5.74, 6) is -1.28. The van der Waals surface area contributed by atoms with E-state index < -0.39 is 5.97 Å². The molecule has 0 aromatic heterocycles. The summed E-state index contributed by atoms with van der Waals surface area (Å²) in [6.45, 7) is 3.33. The van der Waals surface area contributed by atoms with Gasteiger partial charge in [-0.05, 0) is 29.8 Å². The maximum absolute atomic E-state index is 11.0. The third-order valence-corrected chi connectivity index (χ3v) is 1.78. The molecule has 0 atom stereocenters. The van der Waals surface area contributed by atoms with E-state index in [4.69, 9.17) is 5.11 Å². The number of carbonyl (C=O) groups is 2. The van der Waals surface area contributed by atoms with Gasteiger partial charge in [-0.3, -0.25) is 4.79 Å². The lowest BCUT2D eigenvalue weighted by atomic mass is 10.2. The number of amides is 1. The molecule has 1 aromatic rings. The Balaban J connectivity index is 2.71. The first-order chi connectivity index (χ1) is 7.61. The van der Waals surface area contributed by atoms with Crippen molar-refractivity contribution >= 4 is 23.6 Å². The summed E-state index contributed by atoms with van der Waals surface area (Å²) in [6.07, 6.45) is 3.71. The van der Waals surface area contributed by atoms with Gasteiger partial charge in [-0.1, -0.05) is 18.7 Å². The first-order valence-electron chi connectivity index (χ1n) is 4.56. The van der Waals surface area contributed by atoms with Crippen LogP contribution in [0.3, 0.4) is 0 Å². The zero-order chi connectivity index (χ0) is 12.0.